The Hall–Kier alpha value is -2.38. The Balaban J connectivity index is 1.67. The van der Waals surface area contributed by atoms with Crippen molar-refractivity contribution in [1.29, 1.82) is 0 Å². The highest BCUT2D eigenvalue weighted by Crippen LogP contribution is 2.23. The van der Waals surface area contributed by atoms with Crippen LogP contribution >= 0.6 is 23.4 Å². The van der Waals surface area contributed by atoms with Crippen molar-refractivity contribution in [2.75, 3.05) is 11.1 Å². The van der Waals surface area contributed by atoms with Gasteiger partial charge in [0.05, 0.1) is 5.75 Å². The van der Waals surface area contributed by atoms with E-state index in [1.165, 1.54) is 11.8 Å². The van der Waals surface area contributed by atoms with Gasteiger partial charge in [-0.2, -0.15) is 0 Å². The second-order valence-corrected chi connectivity index (χ2v) is 6.52. The molecule has 0 saturated carbocycles. The standard InChI is InChI=1S/C17H16ClN5OS/c1-2-23-16(12-5-4-8-19-10-12)21-22-17(23)25-11-15(24)20-14-7-3-6-13(18)9-14/h3-10H,2,11H2,1H3,(H,20,24). The Morgan fingerprint density at radius 2 is 2.16 bits per heavy atom. The summed E-state index contributed by atoms with van der Waals surface area (Å²) >= 11 is 7.26. The molecule has 0 atom stereocenters. The van der Waals surface area contributed by atoms with E-state index in [0.29, 0.717) is 22.4 Å². The summed E-state index contributed by atoms with van der Waals surface area (Å²) in [5.74, 6) is 0.853. The van der Waals surface area contributed by atoms with Crippen LogP contribution in [0.1, 0.15) is 6.92 Å². The second-order valence-electron chi connectivity index (χ2n) is 5.14. The van der Waals surface area contributed by atoms with E-state index in [2.05, 4.69) is 20.5 Å². The molecule has 0 aliphatic carbocycles. The molecular weight excluding hydrogens is 358 g/mol. The minimum Gasteiger partial charge on any atom is -0.325 e. The first kappa shape index (κ1) is 17.4. The van der Waals surface area contributed by atoms with Gasteiger partial charge in [0.25, 0.3) is 0 Å². The lowest BCUT2D eigenvalue weighted by atomic mass is 10.3. The number of rotatable bonds is 6. The van der Waals surface area contributed by atoms with Crippen molar-refractivity contribution in [3.8, 4) is 11.4 Å². The van der Waals surface area contributed by atoms with Crippen LogP contribution < -0.4 is 5.32 Å². The first-order valence-electron chi connectivity index (χ1n) is 7.69. The van der Waals surface area contributed by atoms with E-state index >= 15 is 0 Å². The van der Waals surface area contributed by atoms with E-state index in [9.17, 15) is 4.79 Å². The molecule has 1 aromatic carbocycles. The fourth-order valence-corrected chi connectivity index (χ4v) is 3.28. The van der Waals surface area contributed by atoms with Gasteiger partial charge in [-0.25, -0.2) is 0 Å². The van der Waals surface area contributed by atoms with Crippen LogP contribution in [0.25, 0.3) is 11.4 Å². The normalized spacial score (nSPS) is 10.6. The molecule has 0 aliphatic rings. The third kappa shape index (κ3) is 4.37. The summed E-state index contributed by atoms with van der Waals surface area (Å²) in [4.78, 5) is 16.2. The highest BCUT2D eigenvalue weighted by atomic mass is 35.5. The maximum atomic E-state index is 12.1. The minimum atomic E-state index is -0.124. The number of carbonyl (C=O) groups excluding carboxylic acids is 1. The highest BCUT2D eigenvalue weighted by Gasteiger charge is 2.14. The lowest BCUT2D eigenvalue weighted by Crippen LogP contribution is -2.14. The van der Waals surface area contributed by atoms with Crippen LogP contribution in [0, 0.1) is 0 Å². The van der Waals surface area contributed by atoms with E-state index in [4.69, 9.17) is 11.6 Å². The van der Waals surface area contributed by atoms with Gasteiger partial charge in [-0.05, 0) is 37.3 Å². The zero-order chi connectivity index (χ0) is 17.6. The summed E-state index contributed by atoms with van der Waals surface area (Å²) in [6.07, 6.45) is 3.46. The molecule has 25 heavy (non-hydrogen) atoms. The topological polar surface area (TPSA) is 72.7 Å². The van der Waals surface area contributed by atoms with Crippen molar-refractivity contribution in [3.63, 3.8) is 0 Å². The smallest absolute Gasteiger partial charge is 0.234 e. The molecular formula is C17H16ClN5OS. The first-order chi connectivity index (χ1) is 12.2. The maximum Gasteiger partial charge on any atom is 0.234 e. The van der Waals surface area contributed by atoms with Crippen molar-refractivity contribution >= 4 is 35.0 Å². The number of benzene rings is 1. The summed E-state index contributed by atoms with van der Waals surface area (Å²) in [5, 5.41) is 12.5. The number of hydrogen-bond acceptors (Lipinski definition) is 5. The largest absolute Gasteiger partial charge is 0.325 e. The molecule has 6 nitrogen and oxygen atoms in total. The SMILES string of the molecule is CCn1c(SCC(=O)Nc2cccc(Cl)c2)nnc1-c1cccnc1. The van der Waals surface area contributed by atoms with Gasteiger partial charge < -0.3 is 9.88 Å². The van der Waals surface area contributed by atoms with E-state index in [0.717, 1.165) is 11.4 Å². The van der Waals surface area contributed by atoms with Crippen molar-refractivity contribution in [1.82, 2.24) is 19.7 Å². The number of halogens is 1. The fraction of sp³-hybridized carbons (Fsp3) is 0.176. The summed E-state index contributed by atoms with van der Waals surface area (Å²) in [6, 6.07) is 10.8. The molecule has 1 N–H and O–H groups in total. The van der Waals surface area contributed by atoms with Crippen molar-refractivity contribution in [2.45, 2.75) is 18.6 Å². The fourth-order valence-electron chi connectivity index (χ4n) is 2.28. The number of aromatic nitrogens is 4. The average molecular weight is 374 g/mol. The van der Waals surface area contributed by atoms with Crippen LogP contribution in [-0.4, -0.2) is 31.4 Å². The minimum absolute atomic E-state index is 0.124. The lowest BCUT2D eigenvalue weighted by Gasteiger charge is -2.08. The second kappa shape index (κ2) is 8.13. The molecule has 0 radical (unpaired) electrons. The molecule has 1 amide bonds. The van der Waals surface area contributed by atoms with Crippen molar-refractivity contribution < 1.29 is 4.79 Å². The van der Waals surface area contributed by atoms with Crippen LogP contribution in [0.15, 0.2) is 53.9 Å². The molecule has 0 spiro atoms. The van der Waals surface area contributed by atoms with Gasteiger partial charge in [0, 0.05) is 35.2 Å². The number of nitrogens with one attached hydrogen (secondary N) is 1. The quantitative estimate of drug-likeness (QED) is 0.666. The van der Waals surface area contributed by atoms with Crippen LogP contribution in [0.3, 0.4) is 0 Å². The Bertz CT molecular complexity index is 868. The molecule has 0 unspecified atom stereocenters. The molecule has 0 bridgehead atoms. The maximum absolute atomic E-state index is 12.1. The van der Waals surface area contributed by atoms with Gasteiger partial charge in [-0.15, -0.1) is 10.2 Å². The van der Waals surface area contributed by atoms with Gasteiger partial charge in [0.15, 0.2) is 11.0 Å². The summed E-state index contributed by atoms with van der Waals surface area (Å²) in [5.41, 5.74) is 1.57. The molecule has 3 rings (SSSR count). The zero-order valence-corrected chi connectivity index (χ0v) is 15.1. The van der Waals surface area contributed by atoms with Gasteiger partial charge in [-0.3, -0.25) is 9.78 Å². The average Bonchev–Trinajstić information content (AvgIpc) is 3.03. The molecule has 128 valence electrons. The molecule has 3 aromatic rings. The molecule has 0 aliphatic heterocycles. The predicted molar refractivity (Wildman–Crippen MR) is 99.7 cm³/mol. The number of hydrogen-bond donors (Lipinski definition) is 1. The number of nitrogens with zero attached hydrogens (tertiary/aromatic N) is 4. The summed E-state index contributed by atoms with van der Waals surface area (Å²) in [7, 11) is 0. The van der Waals surface area contributed by atoms with Gasteiger partial charge >= 0.3 is 0 Å². The third-order valence-electron chi connectivity index (χ3n) is 3.39. The summed E-state index contributed by atoms with van der Waals surface area (Å²) < 4.78 is 1.97. The molecule has 0 saturated heterocycles. The Kier molecular flexibility index (Phi) is 5.67. The monoisotopic (exact) mass is 373 g/mol. The third-order valence-corrected chi connectivity index (χ3v) is 4.60. The molecule has 0 fully saturated rings. The summed E-state index contributed by atoms with van der Waals surface area (Å²) in [6.45, 7) is 2.72. The Morgan fingerprint density at radius 1 is 1.28 bits per heavy atom. The first-order valence-corrected chi connectivity index (χ1v) is 9.05. The van der Waals surface area contributed by atoms with Crippen molar-refractivity contribution in [3.05, 3.63) is 53.8 Å². The van der Waals surface area contributed by atoms with Gasteiger partial charge in [-0.1, -0.05) is 29.4 Å². The number of carbonyl (C=O) groups is 1. The van der Waals surface area contributed by atoms with E-state index in [1.807, 2.05) is 23.6 Å². The lowest BCUT2D eigenvalue weighted by molar-refractivity contribution is -0.113. The predicted octanol–water partition coefficient (Wildman–Crippen LogP) is 3.74. The molecule has 2 aromatic heterocycles. The highest BCUT2D eigenvalue weighted by molar-refractivity contribution is 7.99. The molecule has 2 heterocycles. The molecule has 8 heteroatoms. The van der Waals surface area contributed by atoms with E-state index in [-0.39, 0.29) is 11.7 Å². The Morgan fingerprint density at radius 3 is 2.88 bits per heavy atom. The van der Waals surface area contributed by atoms with Gasteiger partial charge in [0.2, 0.25) is 5.91 Å². The number of anilines is 1. The van der Waals surface area contributed by atoms with Crippen LogP contribution in [0.4, 0.5) is 5.69 Å². The number of thioether (sulfide) groups is 1. The van der Waals surface area contributed by atoms with Crippen LogP contribution in [0.2, 0.25) is 5.02 Å². The van der Waals surface area contributed by atoms with Crippen LogP contribution in [0.5, 0.6) is 0 Å². The van der Waals surface area contributed by atoms with Crippen molar-refractivity contribution in [2.24, 2.45) is 0 Å². The zero-order valence-electron chi connectivity index (χ0n) is 13.5. The number of amides is 1. The van der Waals surface area contributed by atoms with E-state index in [1.54, 1.807) is 36.7 Å². The number of pyridine rings is 1. The Labute approximate surface area is 154 Å². The van der Waals surface area contributed by atoms with Gasteiger partial charge in [0.1, 0.15) is 0 Å². The van der Waals surface area contributed by atoms with Crippen LogP contribution in [-0.2, 0) is 11.3 Å². The van der Waals surface area contributed by atoms with E-state index < -0.39 is 0 Å².